The van der Waals surface area contributed by atoms with E-state index < -0.39 is 18.0 Å². The summed E-state index contributed by atoms with van der Waals surface area (Å²) < 4.78 is 0. The smallest absolute Gasteiger partial charge is 0.318 e. The van der Waals surface area contributed by atoms with Gasteiger partial charge in [0.15, 0.2) is 0 Å². The summed E-state index contributed by atoms with van der Waals surface area (Å²) in [5.74, 6) is -0.405. The molecule has 1 aromatic carbocycles. The molecule has 0 saturated heterocycles. The fourth-order valence-corrected chi connectivity index (χ4v) is 3.07. The van der Waals surface area contributed by atoms with E-state index in [1.165, 1.54) is 0 Å². The number of carbonyl (C=O) groups excluding carboxylic acids is 2. The van der Waals surface area contributed by atoms with Gasteiger partial charge in [-0.3, -0.25) is 15.0 Å². The number of carbonyl (C=O) groups is 2. The number of primary amides is 1. The van der Waals surface area contributed by atoms with Gasteiger partial charge in [-0.15, -0.1) is 11.3 Å². The molecule has 1 atom stereocenters. The van der Waals surface area contributed by atoms with Gasteiger partial charge in [-0.25, -0.2) is 4.79 Å². The normalized spacial score (nSPS) is 12.1. The van der Waals surface area contributed by atoms with Gasteiger partial charge in [-0.2, -0.15) is 0 Å². The SMILES string of the molecule is CCN(Cc1cccs1)C(C(=O)NC(N)=O)c1ccccc1. The van der Waals surface area contributed by atoms with Crippen LogP contribution in [0.25, 0.3) is 0 Å². The fourth-order valence-electron chi connectivity index (χ4n) is 2.34. The zero-order valence-corrected chi connectivity index (χ0v) is 13.2. The first-order chi connectivity index (χ1) is 10.6. The van der Waals surface area contributed by atoms with Gasteiger partial charge in [0, 0.05) is 11.4 Å². The van der Waals surface area contributed by atoms with Crippen LogP contribution in [0.2, 0.25) is 0 Å². The van der Waals surface area contributed by atoms with Crippen LogP contribution in [0.5, 0.6) is 0 Å². The van der Waals surface area contributed by atoms with Gasteiger partial charge < -0.3 is 5.73 Å². The van der Waals surface area contributed by atoms with Crippen LogP contribution < -0.4 is 11.1 Å². The van der Waals surface area contributed by atoms with Crippen molar-refractivity contribution in [2.45, 2.75) is 19.5 Å². The van der Waals surface area contributed by atoms with Crippen molar-refractivity contribution >= 4 is 23.3 Å². The van der Waals surface area contributed by atoms with Gasteiger partial charge in [0.1, 0.15) is 6.04 Å². The van der Waals surface area contributed by atoms with Gasteiger partial charge >= 0.3 is 6.03 Å². The Hall–Kier alpha value is -2.18. The van der Waals surface area contributed by atoms with Crippen molar-refractivity contribution in [3.05, 3.63) is 58.3 Å². The first kappa shape index (κ1) is 16.2. The Balaban J connectivity index is 2.29. The minimum absolute atomic E-state index is 0.405. The maximum absolute atomic E-state index is 12.4. The number of thiophene rings is 1. The molecule has 116 valence electrons. The summed E-state index contributed by atoms with van der Waals surface area (Å²) in [6, 6.07) is 12.0. The number of nitrogens with one attached hydrogen (secondary N) is 1. The third-order valence-corrected chi connectivity index (χ3v) is 4.18. The van der Waals surface area contributed by atoms with Crippen LogP contribution >= 0.6 is 11.3 Å². The van der Waals surface area contributed by atoms with Crippen LogP contribution in [0.1, 0.15) is 23.4 Å². The van der Waals surface area contributed by atoms with E-state index in [4.69, 9.17) is 5.73 Å². The maximum Gasteiger partial charge on any atom is 0.318 e. The number of benzene rings is 1. The molecule has 0 aliphatic heterocycles. The number of rotatable bonds is 6. The van der Waals surface area contributed by atoms with E-state index in [9.17, 15) is 9.59 Å². The molecule has 3 amide bonds. The quantitative estimate of drug-likeness (QED) is 0.859. The number of urea groups is 1. The van der Waals surface area contributed by atoms with Gasteiger partial charge in [0.2, 0.25) is 5.91 Å². The van der Waals surface area contributed by atoms with E-state index in [0.717, 1.165) is 10.4 Å². The largest absolute Gasteiger partial charge is 0.351 e. The second kappa shape index (κ2) is 7.72. The van der Waals surface area contributed by atoms with Crippen LogP contribution in [0.4, 0.5) is 4.79 Å². The second-order valence-electron chi connectivity index (χ2n) is 4.81. The highest BCUT2D eigenvalue weighted by molar-refractivity contribution is 7.09. The number of nitrogens with two attached hydrogens (primary N) is 1. The molecule has 1 aromatic heterocycles. The van der Waals surface area contributed by atoms with Crippen LogP contribution in [-0.2, 0) is 11.3 Å². The average Bonchev–Trinajstić information content (AvgIpc) is 3.00. The zero-order chi connectivity index (χ0) is 15.9. The lowest BCUT2D eigenvalue weighted by molar-refractivity contribution is -0.125. The Bertz CT molecular complexity index is 614. The molecule has 1 heterocycles. The molecule has 0 bridgehead atoms. The number of hydrogen-bond donors (Lipinski definition) is 2. The van der Waals surface area contributed by atoms with E-state index in [-0.39, 0.29) is 0 Å². The summed E-state index contributed by atoms with van der Waals surface area (Å²) in [5.41, 5.74) is 5.93. The minimum Gasteiger partial charge on any atom is -0.351 e. The van der Waals surface area contributed by atoms with Gasteiger partial charge in [-0.1, -0.05) is 43.3 Å². The lowest BCUT2D eigenvalue weighted by atomic mass is 10.0. The summed E-state index contributed by atoms with van der Waals surface area (Å²) in [5, 5.41) is 4.20. The zero-order valence-electron chi connectivity index (χ0n) is 12.4. The average molecular weight is 317 g/mol. The molecule has 0 fully saturated rings. The van der Waals surface area contributed by atoms with Crippen molar-refractivity contribution in [1.29, 1.82) is 0 Å². The van der Waals surface area contributed by atoms with Gasteiger partial charge in [-0.05, 0) is 23.6 Å². The molecule has 0 radical (unpaired) electrons. The Morgan fingerprint density at radius 1 is 1.23 bits per heavy atom. The third kappa shape index (κ3) is 4.16. The summed E-state index contributed by atoms with van der Waals surface area (Å²) in [6.45, 7) is 3.30. The van der Waals surface area contributed by atoms with Crippen molar-refractivity contribution in [1.82, 2.24) is 10.2 Å². The van der Waals surface area contributed by atoms with Crippen LogP contribution in [0, 0.1) is 0 Å². The summed E-state index contributed by atoms with van der Waals surface area (Å²) in [6.07, 6.45) is 0. The number of imide groups is 1. The molecule has 5 nitrogen and oxygen atoms in total. The van der Waals surface area contributed by atoms with E-state index in [1.807, 2.05) is 59.7 Å². The highest BCUT2D eigenvalue weighted by Gasteiger charge is 2.27. The van der Waals surface area contributed by atoms with Crippen molar-refractivity contribution in [2.24, 2.45) is 5.73 Å². The van der Waals surface area contributed by atoms with Crippen molar-refractivity contribution in [2.75, 3.05) is 6.54 Å². The van der Waals surface area contributed by atoms with Crippen LogP contribution in [-0.4, -0.2) is 23.4 Å². The molecule has 0 saturated carbocycles. The van der Waals surface area contributed by atoms with Gasteiger partial charge in [0.05, 0.1) is 0 Å². The third-order valence-electron chi connectivity index (χ3n) is 3.32. The Morgan fingerprint density at radius 3 is 2.50 bits per heavy atom. The number of nitrogens with zero attached hydrogens (tertiary/aromatic N) is 1. The molecule has 2 aromatic rings. The number of likely N-dealkylation sites (N-methyl/N-ethyl adjacent to an activating group) is 1. The molecule has 1 unspecified atom stereocenters. The number of hydrogen-bond acceptors (Lipinski definition) is 4. The summed E-state index contributed by atoms with van der Waals surface area (Å²) in [7, 11) is 0. The predicted molar refractivity (Wildman–Crippen MR) is 87.3 cm³/mol. The summed E-state index contributed by atoms with van der Waals surface area (Å²) >= 11 is 1.64. The molecule has 2 rings (SSSR count). The van der Waals surface area contributed by atoms with Crippen LogP contribution in [0.15, 0.2) is 47.8 Å². The molecular weight excluding hydrogens is 298 g/mol. The van der Waals surface area contributed by atoms with E-state index in [2.05, 4.69) is 5.32 Å². The predicted octanol–water partition coefficient (Wildman–Crippen LogP) is 2.51. The molecule has 6 heteroatoms. The molecule has 0 aliphatic rings. The first-order valence-corrected chi connectivity index (χ1v) is 7.91. The highest BCUT2D eigenvalue weighted by atomic mass is 32.1. The first-order valence-electron chi connectivity index (χ1n) is 7.03. The van der Waals surface area contributed by atoms with Crippen molar-refractivity contribution in [3.8, 4) is 0 Å². The molecule has 0 spiro atoms. The second-order valence-corrected chi connectivity index (χ2v) is 5.84. The fraction of sp³-hybridized carbons (Fsp3) is 0.250. The highest BCUT2D eigenvalue weighted by Crippen LogP contribution is 2.24. The van der Waals surface area contributed by atoms with Crippen molar-refractivity contribution < 1.29 is 9.59 Å². The van der Waals surface area contributed by atoms with Crippen LogP contribution in [0.3, 0.4) is 0 Å². The Labute approximate surface area is 133 Å². The molecule has 22 heavy (non-hydrogen) atoms. The van der Waals surface area contributed by atoms with E-state index in [1.54, 1.807) is 11.3 Å². The summed E-state index contributed by atoms with van der Waals surface area (Å²) in [4.78, 5) is 26.7. The Kier molecular flexibility index (Phi) is 5.68. The Morgan fingerprint density at radius 2 is 1.95 bits per heavy atom. The topological polar surface area (TPSA) is 75.4 Å². The lowest BCUT2D eigenvalue weighted by Crippen LogP contribution is -2.44. The van der Waals surface area contributed by atoms with Gasteiger partial charge in [0.25, 0.3) is 0 Å². The maximum atomic E-state index is 12.4. The molecule has 3 N–H and O–H groups in total. The monoisotopic (exact) mass is 317 g/mol. The van der Waals surface area contributed by atoms with Crippen molar-refractivity contribution in [3.63, 3.8) is 0 Å². The molecular formula is C16H19N3O2S. The standard InChI is InChI=1S/C16H19N3O2S/c1-2-19(11-13-9-6-10-22-13)14(15(20)18-16(17)21)12-7-4-3-5-8-12/h3-10,14H,2,11H2,1H3,(H3,17,18,20,21). The van der Waals surface area contributed by atoms with E-state index >= 15 is 0 Å². The molecule has 0 aliphatic carbocycles. The number of amides is 3. The minimum atomic E-state index is -0.835. The lowest BCUT2D eigenvalue weighted by Gasteiger charge is -2.29. The van der Waals surface area contributed by atoms with E-state index in [0.29, 0.717) is 13.1 Å².